The fraction of sp³-hybridized carbons (Fsp3) is 0.0625. The van der Waals surface area contributed by atoms with Crippen molar-refractivity contribution in [3.05, 3.63) is 58.4 Å². The molecule has 0 fully saturated rings. The van der Waals surface area contributed by atoms with Crippen LogP contribution in [0.2, 0.25) is 0 Å². The first kappa shape index (κ1) is 14.3. The van der Waals surface area contributed by atoms with Crippen LogP contribution in [-0.4, -0.2) is 15.6 Å². The first-order valence-corrected chi connectivity index (χ1v) is 7.25. The Kier molecular flexibility index (Phi) is 3.65. The molecule has 5 nitrogen and oxygen atoms in total. The molecule has 0 aliphatic carbocycles. The number of Topliss-reactive ketones (excluding diaryl/α,β-unsaturated/α-hetero) is 1. The molecule has 3 aromatic rings. The zero-order valence-corrected chi connectivity index (χ0v) is 13.2. The smallest absolute Gasteiger partial charge is 0.181 e. The first-order valence-electron chi connectivity index (χ1n) is 6.45. The van der Waals surface area contributed by atoms with Gasteiger partial charge in [-0.05, 0) is 36.4 Å². The van der Waals surface area contributed by atoms with Crippen molar-refractivity contribution in [3.8, 4) is 23.2 Å². The SMILES string of the molecule is CC(=O)c1nn(-c2ccc(Br)cc2)c(-c2ccco2)c1C#N. The Labute approximate surface area is 134 Å². The van der Waals surface area contributed by atoms with E-state index in [0.29, 0.717) is 11.5 Å². The van der Waals surface area contributed by atoms with Gasteiger partial charge in [0.15, 0.2) is 11.5 Å². The van der Waals surface area contributed by atoms with Crippen LogP contribution in [0, 0.1) is 11.3 Å². The molecular formula is C16H10BrN3O2. The van der Waals surface area contributed by atoms with Crippen LogP contribution in [0.4, 0.5) is 0 Å². The molecule has 0 bridgehead atoms. The minimum absolute atomic E-state index is 0.136. The van der Waals surface area contributed by atoms with E-state index in [-0.39, 0.29) is 17.0 Å². The average Bonchev–Trinajstić information content (AvgIpc) is 3.14. The summed E-state index contributed by atoms with van der Waals surface area (Å²) in [5, 5.41) is 13.8. The minimum Gasteiger partial charge on any atom is -0.463 e. The van der Waals surface area contributed by atoms with E-state index in [9.17, 15) is 10.1 Å². The van der Waals surface area contributed by atoms with E-state index >= 15 is 0 Å². The van der Waals surface area contributed by atoms with Crippen molar-refractivity contribution >= 4 is 21.7 Å². The second kappa shape index (κ2) is 5.62. The molecule has 2 aromatic heterocycles. The van der Waals surface area contributed by atoms with Gasteiger partial charge in [0.1, 0.15) is 23.0 Å². The molecule has 0 saturated carbocycles. The number of hydrogen-bond acceptors (Lipinski definition) is 4. The van der Waals surface area contributed by atoms with Gasteiger partial charge in [-0.1, -0.05) is 15.9 Å². The average molecular weight is 356 g/mol. The third kappa shape index (κ3) is 2.36. The van der Waals surface area contributed by atoms with E-state index in [2.05, 4.69) is 27.1 Å². The topological polar surface area (TPSA) is 71.8 Å². The van der Waals surface area contributed by atoms with Gasteiger partial charge in [0.25, 0.3) is 0 Å². The Morgan fingerprint density at radius 3 is 2.59 bits per heavy atom. The zero-order chi connectivity index (χ0) is 15.7. The predicted octanol–water partition coefficient (Wildman–Crippen LogP) is 3.97. The van der Waals surface area contributed by atoms with E-state index < -0.39 is 0 Å². The normalized spacial score (nSPS) is 10.4. The van der Waals surface area contributed by atoms with Crippen LogP contribution in [0.5, 0.6) is 0 Å². The van der Waals surface area contributed by atoms with Crippen molar-refractivity contribution in [1.82, 2.24) is 9.78 Å². The van der Waals surface area contributed by atoms with Gasteiger partial charge in [-0.3, -0.25) is 4.79 Å². The molecule has 0 N–H and O–H groups in total. The van der Waals surface area contributed by atoms with Gasteiger partial charge in [0.2, 0.25) is 0 Å². The fourth-order valence-electron chi connectivity index (χ4n) is 2.18. The Morgan fingerprint density at radius 1 is 1.32 bits per heavy atom. The van der Waals surface area contributed by atoms with Gasteiger partial charge in [0, 0.05) is 11.4 Å². The molecule has 0 spiro atoms. The number of aromatic nitrogens is 2. The predicted molar refractivity (Wildman–Crippen MR) is 83.7 cm³/mol. The molecule has 3 rings (SSSR count). The summed E-state index contributed by atoms with van der Waals surface area (Å²) in [7, 11) is 0. The number of hydrogen-bond donors (Lipinski definition) is 0. The molecule has 2 heterocycles. The summed E-state index contributed by atoms with van der Waals surface area (Å²) in [6.07, 6.45) is 1.52. The maximum atomic E-state index is 11.8. The van der Waals surface area contributed by atoms with Crippen molar-refractivity contribution < 1.29 is 9.21 Å². The van der Waals surface area contributed by atoms with E-state index in [1.54, 1.807) is 16.8 Å². The maximum Gasteiger partial charge on any atom is 0.181 e. The first-order chi connectivity index (χ1) is 10.6. The summed E-state index contributed by atoms with van der Waals surface area (Å²) in [5.41, 5.74) is 1.56. The van der Waals surface area contributed by atoms with Crippen LogP contribution in [0.15, 0.2) is 51.6 Å². The van der Waals surface area contributed by atoms with Crippen molar-refractivity contribution in [2.75, 3.05) is 0 Å². The van der Waals surface area contributed by atoms with E-state index in [1.807, 2.05) is 24.3 Å². The lowest BCUT2D eigenvalue weighted by atomic mass is 10.1. The number of nitrogens with zero attached hydrogens (tertiary/aromatic N) is 3. The molecule has 1 aromatic carbocycles. The second-order valence-electron chi connectivity index (χ2n) is 4.61. The number of furan rings is 1. The highest BCUT2D eigenvalue weighted by atomic mass is 79.9. The number of carbonyl (C=O) groups is 1. The monoisotopic (exact) mass is 355 g/mol. The largest absolute Gasteiger partial charge is 0.463 e. The fourth-order valence-corrected chi connectivity index (χ4v) is 2.44. The van der Waals surface area contributed by atoms with Gasteiger partial charge >= 0.3 is 0 Å². The Hall–Kier alpha value is -2.65. The van der Waals surface area contributed by atoms with Crippen LogP contribution in [0.1, 0.15) is 23.0 Å². The molecule has 0 saturated heterocycles. The number of ketones is 1. The van der Waals surface area contributed by atoms with Gasteiger partial charge in [-0.25, -0.2) is 4.68 Å². The number of nitriles is 1. The number of carbonyl (C=O) groups excluding carboxylic acids is 1. The van der Waals surface area contributed by atoms with Crippen molar-refractivity contribution in [1.29, 1.82) is 5.26 Å². The number of benzene rings is 1. The molecule has 22 heavy (non-hydrogen) atoms. The van der Waals surface area contributed by atoms with Crippen LogP contribution in [-0.2, 0) is 0 Å². The molecule has 0 radical (unpaired) electrons. The molecule has 0 unspecified atom stereocenters. The Balaban J connectivity index is 2.32. The van der Waals surface area contributed by atoms with Crippen molar-refractivity contribution in [3.63, 3.8) is 0 Å². The molecule has 0 aliphatic rings. The van der Waals surface area contributed by atoms with Crippen LogP contribution < -0.4 is 0 Å². The molecule has 0 aliphatic heterocycles. The number of halogens is 1. The third-order valence-corrected chi connectivity index (χ3v) is 3.69. The summed E-state index contributed by atoms with van der Waals surface area (Å²) in [4.78, 5) is 11.8. The summed E-state index contributed by atoms with van der Waals surface area (Å²) >= 11 is 3.38. The van der Waals surface area contributed by atoms with Gasteiger partial charge in [-0.15, -0.1) is 0 Å². The van der Waals surface area contributed by atoms with Crippen LogP contribution in [0.25, 0.3) is 17.1 Å². The highest BCUT2D eigenvalue weighted by molar-refractivity contribution is 9.10. The standard InChI is InChI=1S/C16H10BrN3O2/c1-10(21)15-13(9-18)16(14-3-2-8-22-14)20(19-15)12-6-4-11(17)5-7-12/h2-8H,1H3. The summed E-state index contributed by atoms with van der Waals surface area (Å²) in [6.45, 7) is 1.39. The second-order valence-corrected chi connectivity index (χ2v) is 5.52. The van der Waals surface area contributed by atoms with E-state index in [4.69, 9.17) is 4.42 Å². The summed E-state index contributed by atoms with van der Waals surface area (Å²) in [5.74, 6) is 0.222. The highest BCUT2D eigenvalue weighted by Gasteiger charge is 2.24. The maximum absolute atomic E-state index is 11.8. The molecule has 0 amide bonds. The summed E-state index contributed by atoms with van der Waals surface area (Å²) < 4.78 is 7.89. The lowest BCUT2D eigenvalue weighted by Gasteiger charge is -2.05. The van der Waals surface area contributed by atoms with Crippen LogP contribution in [0.3, 0.4) is 0 Å². The molecule has 6 heteroatoms. The Bertz CT molecular complexity index is 872. The Morgan fingerprint density at radius 2 is 2.05 bits per heavy atom. The van der Waals surface area contributed by atoms with Gasteiger partial charge < -0.3 is 4.42 Å². The lowest BCUT2D eigenvalue weighted by Crippen LogP contribution is -2.00. The van der Waals surface area contributed by atoms with Gasteiger partial charge in [-0.2, -0.15) is 10.4 Å². The van der Waals surface area contributed by atoms with E-state index in [1.165, 1.54) is 13.2 Å². The quantitative estimate of drug-likeness (QED) is 0.666. The molecular weight excluding hydrogens is 346 g/mol. The van der Waals surface area contributed by atoms with Crippen LogP contribution >= 0.6 is 15.9 Å². The minimum atomic E-state index is -0.264. The van der Waals surface area contributed by atoms with Crippen molar-refractivity contribution in [2.24, 2.45) is 0 Å². The summed E-state index contributed by atoms with van der Waals surface area (Å²) in [6, 6.07) is 12.9. The molecule has 0 atom stereocenters. The van der Waals surface area contributed by atoms with E-state index in [0.717, 1.165) is 10.2 Å². The van der Waals surface area contributed by atoms with Gasteiger partial charge in [0.05, 0.1) is 12.0 Å². The lowest BCUT2D eigenvalue weighted by molar-refractivity contribution is 0.101. The molecule has 108 valence electrons. The highest BCUT2D eigenvalue weighted by Crippen LogP contribution is 2.29. The van der Waals surface area contributed by atoms with Crippen molar-refractivity contribution in [2.45, 2.75) is 6.92 Å². The third-order valence-electron chi connectivity index (χ3n) is 3.16. The zero-order valence-electron chi connectivity index (χ0n) is 11.6. The number of rotatable bonds is 3.